The minimum atomic E-state index is -0.846. The Labute approximate surface area is 251 Å². The molecule has 0 saturated heterocycles. The first-order chi connectivity index (χ1) is 20.5. The number of phenolic OH excluding ortho intramolecular Hbond substituents is 1. The van der Waals surface area contributed by atoms with E-state index in [0.717, 1.165) is 37.1 Å². The highest BCUT2D eigenvalue weighted by molar-refractivity contribution is 5.73. The van der Waals surface area contributed by atoms with Crippen molar-refractivity contribution < 1.29 is 33.0 Å². The second kappa shape index (κ2) is 13.8. The number of aromatic hydroxyl groups is 1. The third-order valence-electron chi connectivity index (χ3n) is 8.03. The van der Waals surface area contributed by atoms with E-state index in [1.54, 1.807) is 25.0 Å². The number of hydrogen-bond donors (Lipinski definition) is 2. The zero-order chi connectivity index (χ0) is 31.1. The normalized spacial score (nSPS) is 13.0. The van der Waals surface area contributed by atoms with Gasteiger partial charge in [0.2, 0.25) is 5.91 Å². The number of carbonyl (C=O) groups excluding carboxylic acids is 2. The van der Waals surface area contributed by atoms with Gasteiger partial charge in [0, 0.05) is 45.2 Å². The van der Waals surface area contributed by atoms with Crippen molar-refractivity contribution in [1.82, 2.24) is 15.1 Å². The van der Waals surface area contributed by atoms with Gasteiger partial charge in [0.1, 0.15) is 0 Å². The van der Waals surface area contributed by atoms with Gasteiger partial charge in [-0.25, -0.2) is 9.59 Å². The summed E-state index contributed by atoms with van der Waals surface area (Å²) >= 11 is 0. The highest BCUT2D eigenvalue weighted by Gasteiger charge is 2.32. The summed E-state index contributed by atoms with van der Waals surface area (Å²) in [6, 6.07) is 11.8. The maximum Gasteiger partial charge on any atom is 0.519 e. The van der Waals surface area contributed by atoms with E-state index in [-0.39, 0.29) is 48.4 Å². The third kappa shape index (κ3) is 8.19. The van der Waals surface area contributed by atoms with E-state index in [9.17, 15) is 19.5 Å². The molecular weight excluding hydrogens is 554 g/mol. The van der Waals surface area contributed by atoms with Crippen molar-refractivity contribution in [1.29, 1.82) is 0 Å². The number of hydrogen-bond acceptors (Lipinski definition) is 9. The van der Waals surface area contributed by atoms with Crippen LogP contribution >= 0.6 is 0 Å². The summed E-state index contributed by atoms with van der Waals surface area (Å²) in [4.78, 5) is 39.8. The Morgan fingerprint density at radius 3 is 2.60 bits per heavy atom. The minimum absolute atomic E-state index is 0.0875. The second-order valence-electron chi connectivity index (χ2n) is 11.4. The molecule has 4 rings (SSSR count). The van der Waals surface area contributed by atoms with Crippen LogP contribution in [0, 0.1) is 6.92 Å². The molecule has 0 bridgehead atoms. The first kappa shape index (κ1) is 31.7. The lowest BCUT2D eigenvalue weighted by Gasteiger charge is -2.35. The predicted molar refractivity (Wildman–Crippen MR) is 159 cm³/mol. The number of carbonyl (C=O) groups is 2. The Hall–Kier alpha value is -4.25. The molecule has 232 valence electrons. The van der Waals surface area contributed by atoms with E-state index in [4.69, 9.17) is 18.3 Å². The number of ether oxygens (including phenoxy) is 2. The van der Waals surface area contributed by atoms with Crippen LogP contribution in [-0.2, 0) is 42.1 Å². The van der Waals surface area contributed by atoms with Gasteiger partial charge in [-0.05, 0) is 74.4 Å². The smallest absolute Gasteiger partial charge is 0.504 e. The number of nitrogens with one attached hydrogen (secondary N) is 1. The Balaban J connectivity index is 1.39. The molecule has 2 aromatic carbocycles. The van der Waals surface area contributed by atoms with E-state index in [1.807, 2.05) is 12.1 Å². The Kier molecular flexibility index (Phi) is 10.2. The first-order valence-corrected chi connectivity index (χ1v) is 14.4. The van der Waals surface area contributed by atoms with Gasteiger partial charge in [0.25, 0.3) is 0 Å². The molecular formula is C32H41N3O8. The molecule has 0 aliphatic carbocycles. The van der Waals surface area contributed by atoms with Gasteiger partial charge in [0.15, 0.2) is 29.6 Å². The first-order valence-electron chi connectivity index (χ1n) is 14.4. The Morgan fingerprint density at radius 1 is 1.12 bits per heavy atom. The zero-order valence-corrected chi connectivity index (χ0v) is 25.5. The molecule has 0 spiro atoms. The van der Waals surface area contributed by atoms with Crippen LogP contribution < -0.4 is 15.9 Å². The molecule has 11 nitrogen and oxygen atoms in total. The van der Waals surface area contributed by atoms with Crippen LogP contribution in [0.5, 0.6) is 11.5 Å². The van der Waals surface area contributed by atoms with Gasteiger partial charge < -0.3 is 33.6 Å². The molecule has 0 unspecified atom stereocenters. The number of methoxy groups -OCH3 is 1. The minimum Gasteiger partial charge on any atom is -0.504 e. The predicted octanol–water partition coefficient (Wildman–Crippen LogP) is 4.30. The molecule has 2 heterocycles. The third-order valence-corrected chi connectivity index (χ3v) is 8.03. The number of amides is 2. The summed E-state index contributed by atoms with van der Waals surface area (Å²) < 4.78 is 20.5. The van der Waals surface area contributed by atoms with Crippen molar-refractivity contribution in [3.8, 4) is 11.5 Å². The molecule has 0 atom stereocenters. The Morgan fingerprint density at radius 2 is 1.91 bits per heavy atom. The second-order valence-corrected chi connectivity index (χ2v) is 11.4. The molecule has 1 aromatic heterocycles. The quantitative estimate of drug-likeness (QED) is 0.297. The van der Waals surface area contributed by atoms with Crippen molar-refractivity contribution in [2.45, 2.75) is 72.2 Å². The zero-order valence-electron chi connectivity index (χ0n) is 25.5. The monoisotopic (exact) mass is 595 g/mol. The van der Waals surface area contributed by atoms with Gasteiger partial charge in [0.05, 0.1) is 7.11 Å². The fourth-order valence-electron chi connectivity index (χ4n) is 5.28. The fourth-order valence-corrected chi connectivity index (χ4v) is 5.28. The molecule has 1 aliphatic heterocycles. The average molecular weight is 596 g/mol. The SMILES string of the molecule is COc1cc(CCC(C)(C)N2Cc3cccc(CCN(CCNC(C)=O)C(=O)OCc4oc(=O)oc4C)c3C2)ccc1O. The molecule has 0 fully saturated rings. The number of benzene rings is 2. The van der Waals surface area contributed by atoms with Gasteiger partial charge >= 0.3 is 11.9 Å². The summed E-state index contributed by atoms with van der Waals surface area (Å²) in [5.41, 5.74) is 4.72. The van der Waals surface area contributed by atoms with E-state index >= 15 is 0 Å². The molecule has 3 aromatic rings. The highest BCUT2D eigenvalue weighted by Crippen LogP contribution is 2.35. The summed E-state index contributed by atoms with van der Waals surface area (Å²) in [6.07, 6.45) is 1.80. The lowest BCUT2D eigenvalue weighted by Crippen LogP contribution is -2.40. The molecule has 0 radical (unpaired) electrons. The van der Waals surface area contributed by atoms with Crippen molar-refractivity contribution in [3.05, 3.63) is 80.8 Å². The molecule has 1 aliphatic rings. The van der Waals surface area contributed by atoms with Gasteiger partial charge in [-0.1, -0.05) is 24.3 Å². The summed E-state index contributed by atoms with van der Waals surface area (Å²) in [7, 11) is 1.55. The standard InChI is InChI=1S/C32H41N3O8/c1-21-29(43-31(39)42-21)20-41-30(38)34(16-14-33-22(2)36)15-12-24-7-6-8-25-18-35(19-26(24)25)32(3,4)13-11-23-9-10-27(37)28(17-23)40-5/h6-10,17,37H,11-16,18-20H2,1-5H3,(H,33,36). The maximum atomic E-state index is 13.0. The lowest BCUT2D eigenvalue weighted by atomic mass is 9.93. The van der Waals surface area contributed by atoms with Crippen LogP contribution in [0.2, 0.25) is 0 Å². The highest BCUT2D eigenvalue weighted by atomic mass is 16.6. The van der Waals surface area contributed by atoms with Crippen LogP contribution in [0.1, 0.15) is 61.0 Å². The van der Waals surface area contributed by atoms with Crippen molar-refractivity contribution in [3.63, 3.8) is 0 Å². The van der Waals surface area contributed by atoms with Gasteiger partial charge in [-0.3, -0.25) is 9.69 Å². The van der Waals surface area contributed by atoms with E-state index in [1.165, 1.54) is 18.1 Å². The van der Waals surface area contributed by atoms with E-state index in [0.29, 0.717) is 18.7 Å². The van der Waals surface area contributed by atoms with Crippen LogP contribution in [0.4, 0.5) is 4.79 Å². The molecule has 0 saturated carbocycles. The fraction of sp³-hybridized carbons (Fsp3) is 0.469. The van der Waals surface area contributed by atoms with E-state index < -0.39 is 11.9 Å². The van der Waals surface area contributed by atoms with Crippen LogP contribution in [0.25, 0.3) is 0 Å². The van der Waals surface area contributed by atoms with Crippen LogP contribution in [-0.4, -0.2) is 59.2 Å². The number of aryl methyl sites for hydroxylation is 2. The molecule has 2 N–H and O–H groups in total. The number of fused-ring (bicyclic) bond motifs is 1. The average Bonchev–Trinajstić information content (AvgIpc) is 3.56. The van der Waals surface area contributed by atoms with Crippen molar-refractivity contribution in [2.75, 3.05) is 26.7 Å². The lowest BCUT2D eigenvalue weighted by molar-refractivity contribution is -0.119. The largest absolute Gasteiger partial charge is 0.519 e. The van der Waals surface area contributed by atoms with Crippen LogP contribution in [0.3, 0.4) is 0 Å². The number of phenols is 1. The van der Waals surface area contributed by atoms with E-state index in [2.05, 4.69) is 42.3 Å². The summed E-state index contributed by atoms with van der Waals surface area (Å²) in [5, 5.41) is 12.6. The van der Waals surface area contributed by atoms with Gasteiger partial charge in [-0.15, -0.1) is 0 Å². The topological polar surface area (TPSA) is 135 Å². The number of nitrogens with zero attached hydrogens (tertiary/aromatic N) is 2. The molecule has 43 heavy (non-hydrogen) atoms. The molecule has 11 heteroatoms. The van der Waals surface area contributed by atoms with Crippen LogP contribution in [0.15, 0.2) is 50.0 Å². The Bertz CT molecular complexity index is 1490. The summed E-state index contributed by atoms with van der Waals surface area (Å²) in [6.45, 7) is 9.83. The van der Waals surface area contributed by atoms with Crippen molar-refractivity contribution in [2.24, 2.45) is 0 Å². The number of rotatable bonds is 13. The summed E-state index contributed by atoms with van der Waals surface area (Å²) in [5.74, 6) is 0.00756. The van der Waals surface area contributed by atoms with Crippen molar-refractivity contribution >= 4 is 12.0 Å². The maximum absolute atomic E-state index is 13.0. The van der Waals surface area contributed by atoms with Gasteiger partial charge in [-0.2, -0.15) is 0 Å². The molecule has 2 amide bonds.